The fourth-order valence-electron chi connectivity index (χ4n) is 3.47. The molecule has 0 aromatic carbocycles. The van der Waals surface area contributed by atoms with Crippen LogP contribution in [0.1, 0.15) is 52.9 Å². The van der Waals surface area contributed by atoms with Gasteiger partial charge in [-0.1, -0.05) is 13.8 Å². The van der Waals surface area contributed by atoms with E-state index in [1.165, 1.54) is 0 Å². The molecular formula is C16H31NO3. The second-order valence-corrected chi connectivity index (χ2v) is 7.05. The Kier molecular flexibility index (Phi) is 5.46. The summed E-state index contributed by atoms with van der Waals surface area (Å²) in [5.41, 5.74) is -0.631. The van der Waals surface area contributed by atoms with Crippen molar-refractivity contribution in [3.05, 3.63) is 0 Å². The Morgan fingerprint density at radius 3 is 2.65 bits per heavy atom. The van der Waals surface area contributed by atoms with Crippen molar-refractivity contribution in [2.45, 2.75) is 70.1 Å². The predicted molar refractivity (Wildman–Crippen MR) is 79.8 cm³/mol. The van der Waals surface area contributed by atoms with E-state index >= 15 is 0 Å². The molecule has 0 radical (unpaired) electrons. The quantitative estimate of drug-likeness (QED) is 0.812. The number of rotatable bonds is 5. The fourth-order valence-corrected chi connectivity index (χ4v) is 3.47. The van der Waals surface area contributed by atoms with E-state index in [1.54, 1.807) is 0 Å². The summed E-state index contributed by atoms with van der Waals surface area (Å²) in [6.45, 7) is 9.52. The van der Waals surface area contributed by atoms with Crippen LogP contribution in [0, 0.1) is 5.92 Å². The van der Waals surface area contributed by atoms with Crippen molar-refractivity contribution in [1.82, 2.24) is 5.32 Å². The molecule has 0 aromatic heterocycles. The number of hydrogen-bond acceptors (Lipinski definition) is 4. The highest BCUT2D eigenvalue weighted by molar-refractivity contribution is 4.95. The topological polar surface area (TPSA) is 50.7 Å². The molecule has 2 N–H and O–H groups in total. The molecule has 0 amide bonds. The van der Waals surface area contributed by atoms with Gasteiger partial charge in [-0.3, -0.25) is 0 Å². The van der Waals surface area contributed by atoms with Crippen molar-refractivity contribution >= 4 is 0 Å². The van der Waals surface area contributed by atoms with E-state index in [9.17, 15) is 5.11 Å². The Balaban J connectivity index is 1.89. The molecule has 4 nitrogen and oxygen atoms in total. The summed E-state index contributed by atoms with van der Waals surface area (Å²) >= 11 is 0. The third-order valence-electron chi connectivity index (χ3n) is 4.96. The van der Waals surface area contributed by atoms with E-state index in [1.807, 2.05) is 6.92 Å². The third-order valence-corrected chi connectivity index (χ3v) is 4.96. The largest absolute Gasteiger partial charge is 0.390 e. The van der Waals surface area contributed by atoms with E-state index in [-0.39, 0.29) is 5.60 Å². The maximum Gasteiger partial charge on any atom is 0.0730 e. The van der Waals surface area contributed by atoms with Crippen LogP contribution >= 0.6 is 0 Å². The Morgan fingerprint density at radius 1 is 1.30 bits per heavy atom. The number of hydrogen-bond donors (Lipinski definition) is 2. The maximum absolute atomic E-state index is 10.8. The predicted octanol–water partition coefficient (Wildman–Crippen LogP) is 2.10. The molecule has 2 heterocycles. The van der Waals surface area contributed by atoms with Crippen LogP contribution < -0.4 is 5.32 Å². The van der Waals surface area contributed by atoms with Gasteiger partial charge in [0.2, 0.25) is 0 Å². The minimum Gasteiger partial charge on any atom is -0.390 e. The number of aliphatic hydroxyl groups is 1. The van der Waals surface area contributed by atoms with Gasteiger partial charge in [0.25, 0.3) is 0 Å². The summed E-state index contributed by atoms with van der Waals surface area (Å²) in [4.78, 5) is 0. The zero-order valence-corrected chi connectivity index (χ0v) is 13.3. The van der Waals surface area contributed by atoms with E-state index in [2.05, 4.69) is 19.2 Å². The van der Waals surface area contributed by atoms with Crippen molar-refractivity contribution in [3.63, 3.8) is 0 Å². The monoisotopic (exact) mass is 285 g/mol. The van der Waals surface area contributed by atoms with Crippen LogP contribution in [0.2, 0.25) is 0 Å². The van der Waals surface area contributed by atoms with Gasteiger partial charge < -0.3 is 19.9 Å². The Morgan fingerprint density at radius 2 is 2.00 bits per heavy atom. The van der Waals surface area contributed by atoms with Crippen LogP contribution in [-0.2, 0) is 9.47 Å². The molecule has 0 bridgehead atoms. The van der Waals surface area contributed by atoms with Crippen LogP contribution in [0.15, 0.2) is 0 Å². The molecule has 1 spiro atoms. The summed E-state index contributed by atoms with van der Waals surface area (Å²) < 4.78 is 11.5. The van der Waals surface area contributed by atoms with Crippen LogP contribution in [0.4, 0.5) is 0 Å². The first-order chi connectivity index (χ1) is 9.44. The third kappa shape index (κ3) is 4.17. The van der Waals surface area contributed by atoms with Gasteiger partial charge in [-0.2, -0.15) is 0 Å². The van der Waals surface area contributed by atoms with E-state index in [4.69, 9.17) is 9.47 Å². The molecular weight excluding hydrogens is 254 g/mol. The van der Waals surface area contributed by atoms with Crippen molar-refractivity contribution in [1.29, 1.82) is 0 Å². The number of ether oxygens (including phenoxy) is 2. The highest BCUT2D eigenvalue weighted by atomic mass is 16.5. The molecule has 2 rings (SSSR count). The first kappa shape index (κ1) is 16.2. The zero-order chi connectivity index (χ0) is 14.6. The average Bonchev–Trinajstić information content (AvgIpc) is 2.39. The smallest absolute Gasteiger partial charge is 0.0730 e. The summed E-state index contributed by atoms with van der Waals surface area (Å²) in [6, 6.07) is 0.474. The lowest BCUT2D eigenvalue weighted by Crippen LogP contribution is -2.50. The van der Waals surface area contributed by atoms with Crippen molar-refractivity contribution in [2.24, 2.45) is 5.92 Å². The van der Waals surface area contributed by atoms with Gasteiger partial charge in [0, 0.05) is 25.9 Å². The molecule has 2 atom stereocenters. The van der Waals surface area contributed by atoms with E-state index < -0.39 is 5.60 Å². The molecule has 4 heteroatoms. The van der Waals surface area contributed by atoms with Crippen LogP contribution in [0.5, 0.6) is 0 Å². The first-order valence-electron chi connectivity index (χ1n) is 8.11. The van der Waals surface area contributed by atoms with Gasteiger partial charge in [0.15, 0.2) is 0 Å². The van der Waals surface area contributed by atoms with Crippen LogP contribution in [0.3, 0.4) is 0 Å². The van der Waals surface area contributed by atoms with Crippen molar-refractivity contribution in [2.75, 3.05) is 26.4 Å². The van der Waals surface area contributed by atoms with Crippen molar-refractivity contribution < 1.29 is 14.6 Å². The van der Waals surface area contributed by atoms with Gasteiger partial charge >= 0.3 is 0 Å². The summed E-state index contributed by atoms with van der Waals surface area (Å²) in [5.74, 6) is 0.336. The molecule has 2 unspecified atom stereocenters. The molecule has 0 saturated carbocycles. The average molecular weight is 285 g/mol. The second-order valence-electron chi connectivity index (χ2n) is 7.05. The SMILES string of the molecule is CC(C)NCCC(C)(O)C1CCOC2(CCOCC2)C1. The van der Waals surface area contributed by atoms with Gasteiger partial charge in [-0.05, 0) is 51.5 Å². The number of nitrogens with one attached hydrogen (secondary N) is 1. The van der Waals surface area contributed by atoms with Crippen LogP contribution in [-0.4, -0.2) is 48.7 Å². The summed E-state index contributed by atoms with van der Waals surface area (Å²) in [6.07, 6.45) is 4.71. The van der Waals surface area contributed by atoms with Gasteiger partial charge in [0.1, 0.15) is 0 Å². The first-order valence-corrected chi connectivity index (χ1v) is 8.11. The Hall–Kier alpha value is -0.160. The summed E-state index contributed by atoms with van der Waals surface area (Å²) in [5, 5.41) is 14.2. The highest BCUT2D eigenvalue weighted by Crippen LogP contribution is 2.41. The fraction of sp³-hybridized carbons (Fsp3) is 1.00. The minimum absolute atomic E-state index is 0.0311. The lowest BCUT2D eigenvalue weighted by atomic mass is 9.73. The molecule has 118 valence electrons. The molecule has 20 heavy (non-hydrogen) atoms. The van der Waals surface area contributed by atoms with E-state index in [0.29, 0.717) is 12.0 Å². The van der Waals surface area contributed by atoms with Crippen LogP contribution in [0.25, 0.3) is 0 Å². The van der Waals surface area contributed by atoms with Gasteiger partial charge in [-0.25, -0.2) is 0 Å². The molecule has 2 saturated heterocycles. The molecule has 2 aliphatic heterocycles. The second kappa shape index (κ2) is 6.73. The molecule has 2 fully saturated rings. The van der Waals surface area contributed by atoms with Crippen molar-refractivity contribution in [3.8, 4) is 0 Å². The zero-order valence-electron chi connectivity index (χ0n) is 13.3. The molecule has 0 aliphatic carbocycles. The maximum atomic E-state index is 10.8. The normalized spacial score (nSPS) is 29.6. The Labute approximate surface area is 123 Å². The minimum atomic E-state index is -0.600. The summed E-state index contributed by atoms with van der Waals surface area (Å²) in [7, 11) is 0. The highest BCUT2D eigenvalue weighted by Gasteiger charge is 2.44. The lowest BCUT2D eigenvalue weighted by molar-refractivity contribution is -0.173. The van der Waals surface area contributed by atoms with Gasteiger partial charge in [-0.15, -0.1) is 0 Å². The standard InChI is InChI=1S/C16H31NO3/c1-13(2)17-8-5-15(3,18)14-4-9-20-16(12-14)6-10-19-11-7-16/h13-14,17-18H,4-12H2,1-3H3. The Bertz CT molecular complexity index is 293. The molecule has 2 aliphatic rings. The van der Waals surface area contributed by atoms with E-state index in [0.717, 1.165) is 58.5 Å². The van der Waals surface area contributed by atoms with Gasteiger partial charge in [0.05, 0.1) is 11.2 Å². The lowest BCUT2D eigenvalue weighted by Gasteiger charge is -2.47. The molecule has 0 aromatic rings.